The lowest BCUT2D eigenvalue weighted by atomic mass is 10.2. The summed E-state index contributed by atoms with van der Waals surface area (Å²) in [5, 5.41) is 14.7. The van der Waals surface area contributed by atoms with E-state index in [0.29, 0.717) is 17.8 Å². The van der Waals surface area contributed by atoms with Gasteiger partial charge in [0.1, 0.15) is 0 Å². The van der Waals surface area contributed by atoms with Crippen LogP contribution in [0.15, 0.2) is 24.3 Å². The average molecular weight is 268 g/mol. The summed E-state index contributed by atoms with van der Waals surface area (Å²) in [4.78, 5) is 13.9. The molecule has 5 heteroatoms. The average Bonchev–Trinajstić information content (AvgIpc) is 2.48. The third-order valence-corrected chi connectivity index (χ3v) is 2.96. The molecule has 1 aromatic rings. The molecule has 1 amide bonds. The summed E-state index contributed by atoms with van der Waals surface area (Å²) in [5.41, 5.74) is 1.10. The van der Waals surface area contributed by atoms with Crippen LogP contribution in [0, 0.1) is 23.2 Å². The van der Waals surface area contributed by atoms with Crippen LogP contribution in [0.5, 0.6) is 0 Å². The van der Waals surface area contributed by atoms with Crippen molar-refractivity contribution in [1.29, 1.82) is 5.26 Å². The molecule has 2 rings (SSSR count). The molecule has 0 spiro atoms. The highest BCUT2D eigenvalue weighted by molar-refractivity contribution is 6.04. The van der Waals surface area contributed by atoms with E-state index in [0.717, 1.165) is 26.2 Å². The van der Waals surface area contributed by atoms with Crippen molar-refractivity contribution in [3.8, 4) is 17.9 Å². The number of hydrogen-bond acceptors (Lipinski definition) is 4. The van der Waals surface area contributed by atoms with Gasteiger partial charge in [0.05, 0.1) is 18.2 Å². The van der Waals surface area contributed by atoms with Crippen LogP contribution in [0.3, 0.4) is 0 Å². The molecule has 1 aliphatic heterocycles. The molecular weight excluding hydrogens is 252 g/mol. The van der Waals surface area contributed by atoms with E-state index in [-0.39, 0.29) is 5.91 Å². The Labute approximate surface area is 118 Å². The van der Waals surface area contributed by atoms with Crippen LogP contribution in [0.25, 0.3) is 0 Å². The first kappa shape index (κ1) is 14.1. The molecule has 0 unspecified atom stereocenters. The van der Waals surface area contributed by atoms with Gasteiger partial charge in [-0.3, -0.25) is 9.69 Å². The first-order valence-electron chi connectivity index (χ1n) is 6.51. The number of nitrogens with one attached hydrogen (secondary N) is 2. The molecule has 1 aliphatic rings. The molecular formula is C15H16N4O. The van der Waals surface area contributed by atoms with Crippen molar-refractivity contribution in [2.75, 3.05) is 38.0 Å². The maximum absolute atomic E-state index is 11.7. The Balaban J connectivity index is 1.84. The molecule has 2 N–H and O–H groups in total. The van der Waals surface area contributed by atoms with E-state index in [1.807, 2.05) is 6.07 Å². The number of amides is 1. The Kier molecular flexibility index (Phi) is 5.14. The third kappa shape index (κ3) is 4.40. The Bertz CT molecular complexity index is 574. The van der Waals surface area contributed by atoms with Gasteiger partial charge < -0.3 is 10.6 Å². The van der Waals surface area contributed by atoms with E-state index in [9.17, 15) is 4.79 Å². The van der Waals surface area contributed by atoms with Gasteiger partial charge in [0.2, 0.25) is 0 Å². The van der Waals surface area contributed by atoms with Gasteiger partial charge in [-0.2, -0.15) is 5.26 Å². The minimum absolute atomic E-state index is 0.352. The van der Waals surface area contributed by atoms with Crippen LogP contribution in [-0.2, 0) is 4.79 Å². The number of anilines is 1. The Hall–Kier alpha value is -2.34. The molecule has 0 aromatic heterocycles. The van der Waals surface area contributed by atoms with Crippen molar-refractivity contribution < 1.29 is 4.79 Å². The Morgan fingerprint density at radius 1 is 1.40 bits per heavy atom. The summed E-state index contributed by atoms with van der Waals surface area (Å²) in [5.74, 6) is 5.09. The van der Waals surface area contributed by atoms with Crippen LogP contribution < -0.4 is 10.6 Å². The van der Waals surface area contributed by atoms with Gasteiger partial charge in [-0.05, 0) is 24.1 Å². The summed E-state index contributed by atoms with van der Waals surface area (Å²) < 4.78 is 0. The molecule has 20 heavy (non-hydrogen) atoms. The molecule has 0 bridgehead atoms. The predicted octanol–water partition coefficient (Wildman–Crippen LogP) is 0.405. The predicted molar refractivity (Wildman–Crippen MR) is 76.9 cm³/mol. The number of piperazine rings is 1. The van der Waals surface area contributed by atoms with Crippen LogP contribution in [0.4, 0.5) is 5.69 Å². The van der Waals surface area contributed by atoms with Crippen LogP contribution in [-0.4, -0.2) is 43.5 Å². The van der Waals surface area contributed by atoms with Crippen LogP contribution in [0.2, 0.25) is 0 Å². The largest absolute Gasteiger partial charge is 0.315 e. The topological polar surface area (TPSA) is 68.2 Å². The summed E-state index contributed by atoms with van der Waals surface area (Å²) in [6.07, 6.45) is 0. The fourth-order valence-corrected chi connectivity index (χ4v) is 1.93. The molecule has 1 aromatic carbocycles. The first-order chi connectivity index (χ1) is 9.78. The monoisotopic (exact) mass is 268 g/mol. The zero-order valence-electron chi connectivity index (χ0n) is 11.1. The van der Waals surface area contributed by atoms with E-state index < -0.39 is 0 Å². The number of carbonyl (C=O) groups excluding carboxylic acids is 1. The van der Waals surface area contributed by atoms with Gasteiger partial charge in [0.25, 0.3) is 5.91 Å². The van der Waals surface area contributed by atoms with Crippen molar-refractivity contribution >= 4 is 11.6 Å². The Morgan fingerprint density at radius 2 is 2.20 bits per heavy atom. The maximum atomic E-state index is 11.7. The lowest BCUT2D eigenvalue weighted by molar-refractivity contribution is -0.111. The number of rotatable bonds is 2. The molecule has 0 aliphatic carbocycles. The number of hydrogen-bond donors (Lipinski definition) is 2. The SMILES string of the molecule is N#Cc1cccc(NC(=O)C#CCN2CCNCC2)c1. The second-order valence-electron chi connectivity index (χ2n) is 4.47. The second-order valence-corrected chi connectivity index (χ2v) is 4.47. The highest BCUT2D eigenvalue weighted by Gasteiger charge is 2.07. The summed E-state index contributed by atoms with van der Waals surface area (Å²) >= 11 is 0. The Morgan fingerprint density at radius 3 is 2.95 bits per heavy atom. The van der Waals surface area contributed by atoms with E-state index >= 15 is 0 Å². The zero-order valence-corrected chi connectivity index (χ0v) is 11.1. The summed E-state index contributed by atoms with van der Waals surface area (Å²) in [6.45, 7) is 4.46. The molecule has 1 heterocycles. The van der Waals surface area contributed by atoms with Crippen LogP contribution in [0.1, 0.15) is 5.56 Å². The lowest BCUT2D eigenvalue weighted by Crippen LogP contribution is -2.43. The highest BCUT2D eigenvalue weighted by Crippen LogP contribution is 2.09. The van der Waals surface area contributed by atoms with E-state index in [4.69, 9.17) is 5.26 Å². The van der Waals surface area contributed by atoms with Crippen molar-refractivity contribution in [3.05, 3.63) is 29.8 Å². The molecule has 5 nitrogen and oxygen atoms in total. The summed E-state index contributed by atoms with van der Waals surface area (Å²) in [7, 11) is 0. The fourth-order valence-electron chi connectivity index (χ4n) is 1.93. The molecule has 0 atom stereocenters. The normalized spacial score (nSPS) is 14.8. The quantitative estimate of drug-likeness (QED) is 0.762. The van der Waals surface area contributed by atoms with E-state index in [1.54, 1.807) is 24.3 Å². The summed E-state index contributed by atoms with van der Waals surface area (Å²) in [6, 6.07) is 8.79. The number of nitriles is 1. The third-order valence-electron chi connectivity index (χ3n) is 2.96. The standard InChI is InChI=1S/C15H16N4O/c16-12-13-3-1-4-14(11-13)18-15(20)5-2-8-19-9-6-17-7-10-19/h1,3-4,11,17H,6-10H2,(H,18,20). The minimum atomic E-state index is -0.352. The number of carbonyl (C=O) groups is 1. The molecule has 0 saturated carbocycles. The fraction of sp³-hybridized carbons (Fsp3) is 0.333. The zero-order chi connectivity index (χ0) is 14.2. The van der Waals surface area contributed by atoms with Gasteiger partial charge in [-0.25, -0.2) is 0 Å². The number of nitrogens with zero attached hydrogens (tertiary/aromatic N) is 2. The molecule has 1 saturated heterocycles. The van der Waals surface area contributed by atoms with Crippen molar-refractivity contribution in [2.24, 2.45) is 0 Å². The van der Waals surface area contributed by atoms with Gasteiger partial charge in [0.15, 0.2) is 0 Å². The highest BCUT2D eigenvalue weighted by atomic mass is 16.1. The van der Waals surface area contributed by atoms with Gasteiger partial charge in [-0.1, -0.05) is 12.0 Å². The smallest absolute Gasteiger partial charge is 0.300 e. The van der Waals surface area contributed by atoms with Gasteiger partial charge in [-0.15, -0.1) is 0 Å². The van der Waals surface area contributed by atoms with E-state index in [2.05, 4.69) is 27.4 Å². The number of benzene rings is 1. The first-order valence-corrected chi connectivity index (χ1v) is 6.51. The lowest BCUT2D eigenvalue weighted by Gasteiger charge is -2.24. The second kappa shape index (κ2) is 7.30. The molecule has 102 valence electrons. The van der Waals surface area contributed by atoms with Crippen molar-refractivity contribution in [3.63, 3.8) is 0 Å². The van der Waals surface area contributed by atoms with Gasteiger partial charge in [0, 0.05) is 31.9 Å². The van der Waals surface area contributed by atoms with Crippen molar-refractivity contribution in [1.82, 2.24) is 10.2 Å². The molecule has 0 radical (unpaired) electrons. The van der Waals surface area contributed by atoms with Gasteiger partial charge >= 0.3 is 0 Å². The van der Waals surface area contributed by atoms with Crippen LogP contribution >= 0.6 is 0 Å². The maximum Gasteiger partial charge on any atom is 0.300 e. The molecule has 1 fully saturated rings. The van der Waals surface area contributed by atoms with E-state index in [1.165, 1.54) is 0 Å². The van der Waals surface area contributed by atoms with Crippen molar-refractivity contribution in [2.45, 2.75) is 0 Å². The minimum Gasteiger partial charge on any atom is -0.315 e.